The van der Waals surface area contributed by atoms with Crippen LogP contribution in [0.5, 0.6) is 0 Å². The molecule has 29 heavy (non-hydrogen) atoms. The summed E-state index contributed by atoms with van der Waals surface area (Å²) in [7, 11) is 0. The smallest absolute Gasteiger partial charge is 0.324 e. The van der Waals surface area contributed by atoms with E-state index in [9.17, 15) is 4.79 Å². The van der Waals surface area contributed by atoms with Crippen LogP contribution >= 0.6 is 0 Å². The fourth-order valence-corrected chi connectivity index (χ4v) is 3.50. The van der Waals surface area contributed by atoms with E-state index in [-0.39, 0.29) is 17.9 Å². The quantitative estimate of drug-likeness (QED) is 0.424. The lowest BCUT2D eigenvalue weighted by Crippen LogP contribution is -2.47. The summed E-state index contributed by atoms with van der Waals surface area (Å²) in [5.74, 6) is 0.177. The topological polar surface area (TPSA) is 38.3 Å². The van der Waals surface area contributed by atoms with Crippen LogP contribution in [0, 0.1) is 11.8 Å². The van der Waals surface area contributed by atoms with E-state index in [4.69, 9.17) is 4.74 Å². The summed E-state index contributed by atoms with van der Waals surface area (Å²) in [4.78, 5) is 13.2. The van der Waals surface area contributed by atoms with Gasteiger partial charge in [-0.15, -0.1) is 6.58 Å². The minimum atomic E-state index is -0.546. The van der Waals surface area contributed by atoms with Gasteiger partial charge in [0.2, 0.25) is 0 Å². The first-order chi connectivity index (χ1) is 13.7. The van der Waals surface area contributed by atoms with Crippen LogP contribution in [-0.4, -0.2) is 17.6 Å². The third-order valence-corrected chi connectivity index (χ3v) is 4.75. The van der Waals surface area contributed by atoms with Gasteiger partial charge in [0.05, 0.1) is 6.04 Å². The maximum atomic E-state index is 13.2. The summed E-state index contributed by atoms with van der Waals surface area (Å²) in [6.45, 7) is 14.0. The Morgan fingerprint density at radius 2 is 1.48 bits per heavy atom. The molecule has 0 saturated carbocycles. The molecule has 0 fully saturated rings. The third kappa shape index (κ3) is 7.17. The molecule has 3 heteroatoms. The highest BCUT2D eigenvalue weighted by molar-refractivity contribution is 5.77. The van der Waals surface area contributed by atoms with Gasteiger partial charge in [0.25, 0.3) is 0 Å². The van der Waals surface area contributed by atoms with Crippen LogP contribution in [0.1, 0.15) is 58.2 Å². The van der Waals surface area contributed by atoms with Crippen molar-refractivity contribution in [2.24, 2.45) is 11.8 Å². The molecule has 1 N–H and O–H groups in total. The van der Waals surface area contributed by atoms with Crippen molar-refractivity contribution in [2.45, 2.75) is 58.7 Å². The highest BCUT2D eigenvalue weighted by atomic mass is 16.6. The van der Waals surface area contributed by atoms with E-state index < -0.39 is 11.6 Å². The van der Waals surface area contributed by atoms with Crippen LogP contribution in [0.2, 0.25) is 0 Å². The van der Waals surface area contributed by atoms with E-state index in [1.165, 1.54) is 0 Å². The van der Waals surface area contributed by atoms with Crippen LogP contribution < -0.4 is 5.32 Å². The Hall–Kier alpha value is -2.39. The van der Waals surface area contributed by atoms with Crippen LogP contribution in [-0.2, 0) is 9.53 Å². The van der Waals surface area contributed by atoms with Crippen molar-refractivity contribution in [3.63, 3.8) is 0 Å². The minimum absolute atomic E-state index is 0.0280. The molecule has 0 unspecified atom stereocenters. The Bertz CT molecular complexity index is 723. The molecule has 0 heterocycles. The first-order valence-electron chi connectivity index (χ1n) is 10.4. The number of carbonyl (C=O) groups excluding carboxylic acids is 1. The zero-order valence-electron chi connectivity index (χ0n) is 18.4. The highest BCUT2D eigenvalue weighted by Gasteiger charge is 2.33. The van der Waals surface area contributed by atoms with Crippen molar-refractivity contribution in [1.29, 1.82) is 0 Å². The Kier molecular flexibility index (Phi) is 8.21. The van der Waals surface area contributed by atoms with Crippen molar-refractivity contribution in [3.05, 3.63) is 84.4 Å². The fraction of sp³-hybridized carbons (Fsp3) is 0.423. The number of rotatable bonds is 9. The molecule has 0 saturated heterocycles. The summed E-state index contributed by atoms with van der Waals surface area (Å²) >= 11 is 0. The second kappa shape index (κ2) is 10.4. The van der Waals surface area contributed by atoms with E-state index in [0.717, 1.165) is 17.5 Å². The van der Waals surface area contributed by atoms with Gasteiger partial charge in [0.1, 0.15) is 11.6 Å². The first-order valence-corrected chi connectivity index (χ1v) is 10.4. The molecule has 0 amide bonds. The molecule has 2 atom stereocenters. The molecule has 0 spiro atoms. The van der Waals surface area contributed by atoms with E-state index in [0.29, 0.717) is 5.92 Å². The maximum absolute atomic E-state index is 13.2. The molecule has 0 aromatic heterocycles. The number of hydrogen-bond acceptors (Lipinski definition) is 3. The van der Waals surface area contributed by atoms with Gasteiger partial charge in [0.15, 0.2) is 0 Å². The Morgan fingerprint density at radius 3 is 1.86 bits per heavy atom. The summed E-state index contributed by atoms with van der Waals surface area (Å²) in [6, 6.07) is 19.8. The van der Waals surface area contributed by atoms with E-state index >= 15 is 0 Å². The molecule has 0 aliphatic rings. The zero-order chi connectivity index (χ0) is 21.4. The van der Waals surface area contributed by atoms with E-state index in [2.05, 4.69) is 50.0 Å². The van der Waals surface area contributed by atoms with Gasteiger partial charge in [0, 0.05) is 5.92 Å². The SMILES string of the molecule is C=C[C@@H](CC(C)C)[C@H](NC(c1ccccc1)c1ccccc1)C(=O)OC(C)(C)C. The normalized spacial score (nSPS) is 13.9. The molecule has 2 rings (SSSR count). The molecule has 0 radical (unpaired) electrons. The van der Waals surface area contributed by atoms with Gasteiger partial charge < -0.3 is 4.74 Å². The molecule has 3 nitrogen and oxygen atoms in total. The zero-order valence-corrected chi connectivity index (χ0v) is 18.4. The van der Waals surface area contributed by atoms with Crippen LogP contribution in [0.3, 0.4) is 0 Å². The lowest BCUT2D eigenvalue weighted by molar-refractivity contribution is -0.159. The highest BCUT2D eigenvalue weighted by Crippen LogP contribution is 2.27. The standard InChI is InChI=1S/C26H35NO2/c1-7-20(18-19(2)3)24(25(28)29-26(4,5)6)27-23(21-14-10-8-11-15-21)22-16-12-9-13-17-22/h7-17,19-20,23-24,27H,1,18H2,2-6H3/t20-,24-/m0/s1. The summed E-state index contributed by atoms with van der Waals surface area (Å²) in [5, 5.41) is 3.62. The lowest BCUT2D eigenvalue weighted by atomic mass is 9.88. The second-order valence-corrected chi connectivity index (χ2v) is 8.96. The van der Waals surface area contributed by atoms with Crippen molar-refractivity contribution in [2.75, 3.05) is 0 Å². The van der Waals surface area contributed by atoms with E-state index in [1.54, 1.807) is 0 Å². The van der Waals surface area contributed by atoms with Crippen LogP contribution in [0.25, 0.3) is 0 Å². The summed E-state index contributed by atoms with van der Waals surface area (Å²) in [5.41, 5.74) is 1.68. The molecular weight excluding hydrogens is 358 g/mol. The Labute approximate surface area is 176 Å². The van der Waals surface area contributed by atoms with Crippen molar-refractivity contribution >= 4 is 5.97 Å². The van der Waals surface area contributed by atoms with Gasteiger partial charge in [-0.25, -0.2) is 0 Å². The van der Waals surface area contributed by atoms with Gasteiger partial charge >= 0.3 is 5.97 Å². The number of carbonyl (C=O) groups is 1. The first kappa shape index (κ1) is 22.9. The molecular formula is C26H35NO2. The number of nitrogens with one attached hydrogen (secondary N) is 1. The van der Waals surface area contributed by atoms with Crippen molar-refractivity contribution in [3.8, 4) is 0 Å². The average Bonchev–Trinajstić information content (AvgIpc) is 2.67. The second-order valence-electron chi connectivity index (χ2n) is 8.96. The Balaban J connectivity index is 2.43. The number of ether oxygens (including phenoxy) is 1. The molecule has 0 aliphatic carbocycles. The van der Waals surface area contributed by atoms with Crippen LogP contribution in [0.15, 0.2) is 73.3 Å². The van der Waals surface area contributed by atoms with Gasteiger partial charge in [-0.05, 0) is 44.2 Å². The average molecular weight is 394 g/mol. The number of esters is 1. The van der Waals surface area contributed by atoms with Crippen molar-refractivity contribution in [1.82, 2.24) is 5.32 Å². The Morgan fingerprint density at radius 1 is 1.00 bits per heavy atom. The molecule has 2 aromatic rings. The van der Waals surface area contributed by atoms with Gasteiger partial charge in [-0.1, -0.05) is 80.6 Å². The third-order valence-electron chi connectivity index (χ3n) is 4.75. The molecule has 156 valence electrons. The van der Waals surface area contributed by atoms with Gasteiger partial charge in [-0.2, -0.15) is 0 Å². The summed E-state index contributed by atoms with van der Waals surface area (Å²) < 4.78 is 5.79. The fourth-order valence-electron chi connectivity index (χ4n) is 3.50. The predicted molar refractivity (Wildman–Crippen MR) is 121 cm³/mol. The largest absolute Gasteiger partial charge is 0.459 e. The monoisotopic (exact) mass is 393 g/mol. The number of benzene rings is 2. The summed E-state index contributed by atoms with van der Waals surface area (Å²) in [6.07, 6.45) is 2.74. The lowest BCUT2D eigenvalue weighted by Gasteiger charge is -2.32. The van der Waals surface area contributed by atoms with Crippen LogP contribution in [0.4, 0.5) is 0 Å². The molecule has 2 aromatic carbocycles. The van der Waals surface area contributed by atoms with E-state index in [1.807, 2.05) is 63.2 Å². The minimum Gasteiger partial charge on any atom is -0.459 e. The maximum Gasteiger partial charge on any atom is 0.324 e. The number of hydrogen-bond donors (Lipinski definition) is 1. The predicted octanol–water partition coefficient (Wildman–Crippen LogP) is 5.92. The molecule has 0 aliphatic heterocycles. The molecule has 0 bridgehead atoms. The van der Waals surface area contributed by atoms with Gasteiger partial charge in [-0.3, -0.25) is 10.1 Å². The van der Waals surface area contributed by atoms with Crippen molar-refractivity contribution < 1.29 is 9.53 Å².